The number of carbonyl (C=O) groups excluding carboxylic acids is 2. The van der Waals surface area contributed by atoms with Gasteiger partial charge in [0.05, 0.1) is 0 Å². The van der Waals surface area contributed by atoms with Crippen LogP contribution in [0.4, 0.5) is 14.5 Å². The van der Waals surface area contributed by atoms with Gasteiger partial charge in [0.2, 0.25) is 0 Å². The Morgan fingerprint density at radius 3 is 2.58 bits per heavy atom. The van der Waals surface area contributed by atoms with Crippen molar-refractivity contribution >= 4 is 35.0 Å². The van der Waals surface area contributed by atoms with Crippen molar-refractivity contribution in [2.75, 3.05) is 11.9 Å². The zero-order chi connectivity index (χ0) is 17.4. The van der Waals surface area contributed by atoms with Gasteiger partial charge in [0, 0.05) is 16.6 Å². The normalized spacial score (nSPS) is 10.8. The van der Waals surface area contributed by atoms with E-state index < -0.39 is 25.1 Å². The molecule has 0 atom stereocenters. The number of amides is 1. The number of hydrogen-bond donors (Lipinski definition) is 1. The van der Waals surface area contributed by atoms with E-state index >= 15 is 0 Å². The van der Waals surface area contributed by atoms with Gasteiger partial charge in [-0.1, -0.05) is 6.07 Å². The van der Waals surface area contributed by atoms with Crippen LogP contribution in [-0.2, 0) is 14.3 Å². The number of hydrogen-bond acceptors (Lipinski definition) is 5. The summed E-state index contributed by atoms with van der Waals surface area (Å²) in [4.78, 5) is 24.0. The van der Waals surface area contributed by atoms with Crippen molar-refractivity contribution < 1.29 is 27.8 Å². The average Bonchev–Trinajstić information content (AvgIpc) is 3.06. The Balaban J connectivity index is 1.75. The molecular weight excluding hydrogens is 340 g/mol. The minimum Gasteiger partial charge on any atom is -0.452 e. The van der Waals surface area contributed by atoms with Crippen molar-refractivity contribution in [3.8, 4) is 5.75 Å². The molecule has 0 aliphatic rings. The average molecular weight is 353 g/mol. The second-order valence-electron chi connectivity index (χ2n) is 4.41. The number of halogens is 2. The first kappa shape index (κ1) is 17.6. The molecule has 126 valence electrons. The van der Waals surface area contributed by atoms with Gasteiger partial charge in [0.1, 0.15) is 5.75 Å². The minimum absolute atomic E-state index is 0.0202. The van der Waals surface area contributed by atoms with Gasteiger partial charge >= 0.3 is 12.6 Å². The molecule has 1 aromatic carbocycles. The lowest BCUT2D eigenvalue weighted by molar-refractivity contribution is -0.142. The van der Waals surface area contributed by atoms with Crippen molar-refractivity contribution in [2.45, 2.75) is 6.61 Å². The van der Waals surface area contributed by atoms with Gasteiger partial charge in [-0.2, -0.15) is 8.78 Å². The van der Waals surface area contributed by atoms with Crippen molar-refractivity contribution in [2.24, 2.45) is 0 Å². The number of alkyl halides is 2. The summed E-state index contributed by atoms with van der Waals surface area (Å²) in [6.07, 6.45) is 2.82. The second-order valence-corrected chi connectivity index (χ2v) is 5.39. The second kappa shape index (κ2) is 8.78. The van der Waals surface area contributed by atoms with Crippen LogP contribution in [-0.4, -0.2) is 25.1 Å². The summed E-state index contributed by atoms with van der Waals surface area (Å²) in [6, 6.07) is 9.06. The van der Waals surface area contributed by atoms with E-state index in [2.05, 4.69) is 10.1 Å². The maximum Gasteiger partial charge on any atom is 0.387 e. The van der Waals surface area contributed by atoms with Crippen LogP contribution in [0.3, 0.4) is 0 Å². The molecule has 1 amide bonds. The first-order valence-corrected chi connectivity index (χ1v) is 7.64. The highest BCUT2D eigenvalue weighted by Crippen LogP contribution is 2.17. The first-order chi connectivity index (χ1) is 11.5. The highest BCUT2D eigenvalue weighted by molar-refractivity contribution is 7.10. The lowest BCUT2D eigenvalue weighted by Crippen LogP contribution is -2.20. The summed E-state index contributed by atoms with van der Waals surface area (Å²) in [7, 11) is 0. The van der Waals surface area contributed by atoms with Crippen molar-refractivity contribution in [1.82, 2.24) is 0 Å². The highest BCUT2D eigenvalue weighted by atomic mass is 32.1. The van der Waals surface area contributed by atoms with Crippen molar-refractivity contribution in [1.29, 1.82) is 0 Å². The maximum absolute atomic E-state index is 12.0. The predicted octanol–water partition coefficient (Wildman–Crippen LogP) is 3.54. The number of carbonyl (C=O) groups is 2. The van der Waals surface area contributed by atoms with E-state index in [1.807, 2.05) is 17.5 Å². The number of rotatable bonds is 7. The molecule has 24 heavy (non-hydrogen) atoms. The quantitative estimate of drug-likeness (QED) is 0.611. The van der Waals surface area contributed by atoms with E-state index in [1.165, 1.54) is 41.7 Å². The van der Waals surface area contributed by atoms with Crippen LogP contribution in [0.1, 0.15) is 4.88 Å². The van der Waals surface area contributed by atoms with E-state index in [1.54, 1.807) is 6.08 Å². The first-order valence-electron chi connectivity index (χ1n) is 6.76. The Labute approximate surface area is 140 Å². The molecule has 8 heteroatoms. The Bertz CT molecular complexity index is 699. The van der Waals surface area contributed by atoms with Crippen LogP contribution in [0, 0.1) is 0 Å². The van der Waals surface area contributed by atoms with E-state index in [4.69, 9.17) is 4.74 Å². The molecule has 0 bridgehead atoms. The smallest absolute Gasteiger partial charge is 0.387 e. The molecule has 2 rings (SSSR count). The van der Waals surface area contributed by atoms with Crippen LogP contribution in [0.2, 0.25) is 0 Å². The fraction of sp³-hybridized carbons (Fsp3) is 0.125. The minimum atomic E-state index is -2.91. The van der Waals surface area contributed by atoms with Gasteiger partial charge in [-0.25, -0.2) is 4.79 Å². The molecule has 2 aromatic rings. The van der Waals surface area contributed by atoms with Gasteiger partial charge < -0.3 is 14.8 Å². The Kier molecular flexibility index (Phi) is 6.44. The molecule has 0 fully saturated rings. The third-order valence-electron chi connectivity index (χ3n) is 2.64. The number of benzene rings is 1. The molecular formula is C16H13F2NO4S. The number of thiophene rings is 1. The highest BCUT2D eigenvalue weighted by Gasteiger charge is 2.07. The molecule has 0 aliphatic heterocycles. The fourth-order valence-electron chi connectivity index (χ4n) is 1.64. The predicted molar refractivity (Wildman–Crippen MR) is 86.0 cm³/mol. The molecule has 0 unspecified atom stereocenters. The number of ether oxygens (including phenoxy) is 2. The summed E-state index contributed by atoms with van der Waals surface area (Å²) in [6.45, 7) is -3.37. The molecule has 0 spiro atoms. The number of esters is 1. The summed E-state index contributed by atoms with van der Waals surface area (Å²) < 4.78 is 33.0. The van der Waals surface area contributed by atoms with Gasteiger partial charge in [-0.05, 0) is 41.8 Å². The van der Waals surface area contributed by atoms with Crippen LogP contribution in [0.5, 0.6) is 5.75 Å². The molecule has 1 N–H and O–H groups in total. The molecule has 0 aliphatic carbocycles. The standard InChI is InChI=1S/C16H13F2NO4S/c17-16(18)23-12-5-3-11(4-6-12)19-14(20)10-22-15(21)8-7-13-2-1-9-24-13/h1-9,16H,10H2,(H,19,20). The van der Waals surface area contributed by atoms with E-state index in [0.717, 1.165) is 4.88 Å². The SMILES string of the molecule is O=C(COC(=O)C=Cc1cccs1)Nc1ccc(OC(F)F)cc1. The largest absolute Gasteiger partial charge is 0.452 e. The molecule has 0 saturated heterocycles. The lowest BCUT2D eigenvalue weighted by atomic mass is 10.3. The van der Waals surface area contributed by atoms with Crippen LogP contribution in [0.25, 0.3) is 6.08 Å². The third-order valence-corrected chi connectivity index (χ3v) is 3.47. The van der Waals surface area contributed by atoms with Crippen LogP contribution < -0.4 is 10.1 Å². The maximum atomic E-state index is 12.0. The number of nitrogens with one attached hydrogen (secondary N) is 1. The Hall–Kier alpha value is -2.74. The van der Waals surface area contributed by atoms with Crippen molar-refractivity contribution in [3.05, 3.63) is 52.7 Å². The molecule has 1 heterocycles. The van der Waals surface area contributed by atoms with Gasteiger partial charge in [-0.15, -0.1) is 11.3 Å². The van der Waals surface area contributed by atoms with Crippen LogP contribution >= 0.6 is 11.3 Å². The van der Waals surface area contributed by atoms with E-state index in [0.29, 0.717) is 5.69 Å². The van der Waals surface area contributed by atoms with Crippen LogP contribution in [0.15, 0.2) is 47.9 Å². The molecule has 0 saturated carbocycles. The zero-order valence-electron chi connectivity index (χ0n) is 12.3. The zero-order valence-corrected chi connectivity index (χ0v) is 13.1. The molecule has 5 nitrogen and oxygen atoms in total. The van der Waals surface area contributed by atoms with Gasteiger partial charge in [0.15, 0.2) is 6.61 Å². The molecule has 1 aromatic heterocycles. The summed E-state index contributed by atoms with van der Waals surface area (Å²) >= 11 is 1.46. The summed E-state index contributed by atoms with van der Waals surface area (Å²) in [5.74, 6) is -1.21. The topological polar surface area (TPSA) is 64.6 Å². The van der Waals surface area contributed by atoms with Crippen molar-refractivity contribution in [3.63, 3.8) is 0 Å². The monoisotopic (exact) mass is 353 g/mol. The van der Waals surface area contributed by atoms with E-state index in [-0.39, 0.29) is 5.75 Å². The van der Waals surface area contributed by atoms with E-state index in [9.17, 15) is 18.4 Å². The van der Waals surface area contributed by atoms with Gasteiger partial charge in [-0.3, -0.25) is 4.79 Å². The summed E-state index contributed by atoms with van der Waals surface area (Å²) in [5, 5.41) is 4.34. The lowest BCUT2D eigenvalue weighted by Gasteiger charge is -2.07. The van der Waals surface area contributed by atoms with Gasteiger partial charge in [0.25, 0.3) is 5.91 Å². The summed E-state index contributed by atoms with van der Waals surface area (Å²) in [5.41, 5.74) is 0.367. The third kappa shape index (κ3) is 6.17. The molecule has 0 radical (unpaired) electrons. The number of anilines is 1. The Morgan fingerprint density at radius 1 is 1.21 bits per heavy atom. The fourth-order valence-corrected chi connectivity index (χ4v) is 2.26. The Morgan fingerprint density at radius 2 is 1.96 bits per heavy atom.